The van der Waals surface area contributed by atoms with Gasteiger partial charge in [0.2, 0.25) is 0 Å². The molecule has 24 heavy (non-hydrogen) atoms. The van der Waals surface area contributed by atoms with Crippen molar-refractivity contribution in [2.75, 3.05) is 5.32 Å². The molecule has 0 heterocycles. The van der Waals surface area contributed by atoms with Gasteiger partial charge in [-0.15, -0.1) is 0 Å². The van der Waals surface area contributed by atoms with Crippen molar-refractivity contribution in [2.24, 2.45) is 0 Å². The molecule has 3 N–H and O–H groups in total. The summed E-state index contributed by atoms with van der Waals surface area (Å²) < 4.78 is 26.8. The van der Waals surface area contributed by atoms with Gasteiger partial charge in [0.1, 0.15) is 17.7 Å². The summed E-state index contributed by atoms with van der Waals surface area (Å²) in [5, 5.41) is 5.20. The van der Waals surface area contributed by atoms with Gasteiger partial charge < -0.3 is 10.6 Å². The lowest BCUT2D eigenvalue weighted by atomic mass is 10.1. The fraction of sp³-hybridized carbons (Fsp3) is 0.235. The smallest absolute Gasteiger partial charge is 0.282 e. The molecule has 2 rings (SSSR count). The van der Waals surface area contributed by atoms with Gasteiger partial charge in [-0.25, -0.2) is 8.78 Å². The van der Waals surface area contributed by atoms with Gasteiger partial charge in [-0.2, -0.15) is 0 Å². The molecule has 0 aliphatic rings. The molecule has 0 unspecified atom stereocenters. The predicted molar refractivity (Wildman–Crippen MR) is 91.3 cm³/mol. The maximum absolute atomic E-state index is 13.8. The Morgan fingerprint density at radius 2 is 1.83 bits per heavy atom. The summed E-state index contributed by atoms with van der Waals surface area (Å²) in [6, 6.07) is 7.31. The molecule has 0 spiro atoms. The van der Waals surface area contributed by atoms with Crippen LogP contribution in [0.5, 0.6) is 0 Å². The summed E-state index contributed by atoms with van der Waals surface area (Å²) in [6.45, 7) is 3.44. The second kappa shape index (κ2) is 7.92. The van der Waals surface area contributed by atoms with Crippen LogP contribution in [0.2, 0.25) is 10.0 Å². The van der Waals surface area contributed by atoms with Crippen molar-refractivity contribution in [3.63, 3.8) is 0 Å². The number of halogens is 4. The number of rotatable bonds is 5. The molecule has 0 aliphatic carbocycles. The Hall–Kier alpha value is -1.69. The standard InChI is InChI=1S/C17H16Cl2F2N2O/c1-9(13-5-4-12(20)8-15(13)21)22-10(2)17(24)23-16-6-3-11(18)7-14(16)19/h3-10,22H,1-2H3,(H,23,24)/p+1/t9-,10+/m1/s1. The zero-order valence-electron chi connectivity index (χ0n) is 13.1. The van der Waals surface area contributed by atoms with Gasteiger partial charge in [-0.1, -0.05) is 23.2 Å². The van der Waals surface area contributed by atoms with Gasteiger partial charge in [0.25, 0.3) is 5.91 Å². The Balaban J connectivity index is 2.02. The molecule has 128 valence electrons. The van der Waals surface area contributed by atoms with Crippen molar-refractivity contribution in [1.29, 1.82) is 0 Å². The molecule has 0 radical (unpaired) electrons. The van der Waals surface area contributed by atoms with Gasteiger partial charge in [0.05, 0.1) is 10.7 Å². The lowest BCUT2D eigenvalue weighted by Crippen LogP contribution is -2.91. The second-order valence-electron chi connectivity index (χ2n) is 5.55. The van der Waals surface area contributed by atoms with Crippen molar-refractivity contribution < 1.29 is 18.9 Å². The fourth-order valence-electron chi connectivity index (χ4n) is 2.33. The monoisotopic (exact) mass is 373 g/mol. The number of nitrogens with one attached hydrogen (secondary N) is 1. The minimum absolute atomic E-state index is 0.284. The zero-order valence-corrected chi connectivity index (χ0v) is 14.6. The Morgan fingerprint density at radius 3 is 2.46 bits per heavy atom. The molecular weight excluding hydrogens is 357 g/mol. The predicted octanol–water partition coefficient (Wildman–Crippen LogP) is 3.92. The van der Waals surface area contributed by atoms with Gasteiger partial charge in [-0.3, -0.25) is 4.79 Å². The van der Waals surface area contributed by atoms with Gasteiger partial charge in [-0.05, 0) is 44.2 Å². The number of carbonyl (C=O) groups excluding carboxylic acids is 1. The molecule has 0 saturated carbocycles. The molecule has 0 aliphatic heterocycles. The van der Waals surface area contributed by atoms with E-state index in [0.717, 1.165) is 6.07 Å². The molecule has 2 aromatic rings. The molecular formula is C17H17Cl2F2N2O+. The minimum Gasteiger partial charge on any atom is -0.330 e. The van der Waals surface area contributed by atoms with Gasteiger partial charge in [0, 0.05) is 16.7 Å². The third-order valence-electron chi connectivity index (χ3n) is 3.63. The van der Waals surface area contributed by atoms with Crippen molar-refractivity contribution >= 4 is 34.8 Å². The van der Waals surface area contributed by atoms with E-state index in [4.69, 9.17) is 23.2 Å². The number of benzene rings is 2. The first-order valence-electron chi connectivity index (χ1n) is 7.33. The number of nitrogens with two attached hydrogens (primary N) is 1. The highest BCUT2D eigenvalue weighted by molar-refractivity contribution is 6.36. The molecule has 3 nitrogen and oxygen atoms in total. The van der Waals surface area contributed by atoms with Crippen LogP contribution in [0.1, 0.15) is 25.5 Å². The van der Waals surface area contributed by atoms with E-state index in [0.29, 0.717) is 21.3 Å². The van der Waals surface area contributed by atoms with Crippen molar-refractivity contribution in [2.45, 2.75) is 25.9 Å². The number of amides is 1. The third kappa shape index (κ3) is 4.66. The normalized spacial score (nSPS) is 13.4. The van der Waals surface area contributed by atoms with Crippen LogP contribution < -0.4 is 10.6 Å². The van der Waals surface area contributed by atoms with E-state index in [1.807, 2.05) is 0 Å². The summed E-state index contributed by atoms with van der Waals surface area (Å²) in [7, 11) is 0. The molecule has 2 atom stereocenters. The van der Waals surface area contributed by atoms with Gasteiger partial charge in [0.15, 0.2) is 6.04 Å². The van der Waals surface area contributed by atoms with Crippen LogP contribution in [0.15, 0.2) is 36.4 Å². The summed E-state index contributed by atoms with van der Waals surface area (Å²) >= 11 is 11.8. The van der Waals surface area contributed by atoms with E-state index >= 15 is 0 Å². The highest BCUT2D eigenvalue weighted by Gasteiger charge is 2.23. The first-order chi connectivity index (χ1) is 11.3. The number of anilines is 1. The molecule has 0 aromatic heterocycles. The van der Waals surface area contributed by atoms with E-state index in [9.17, 15) is 13.6 Å². The first kappa shape index (κ1) is 18.6. The van der Waals surface area contributed by atoms with E-state index in [1.165, 1.54) is 18.2 Å². The SMILES string of the molecule is C[C@H]([NH2+][C@H](C)c1ccc(F)cc1F)C(=O)Nc1ccc(Cl)cc1Cl. The average Bonchev–Trinajstić information content (AvgIpc) is 2.49. The van der Waals surface area contributed by atoms with E-state index in [1.54, 1.807) is 31.3 Å². The average molecular weight is 374 g/mol. The van der Waals surface area contributed by atoms with E-state index in [-0.39, 0.29) is 11.9 Å². The number of hydrogen-bond donors (Lipinski definition) is 2. The Kier molecular flexibility index (Phi) is 6.15. The number of quaternary nitrogens is 1. The lowest BCUT2D eigenvalue weighted by molar-refractivity contribution is -0.710. The summed E-state index contributed by atoms with van der Waals surface area (Å²) in [5.41, 5.74) is 0.785. The van der Waals surface area contributed by atoms with Crippen molar-refractivity contribution in [1.82, 2.24) is 0 Å². The van der Waals surface area contributed by atoms with E-state index < -0.39 is 17.7 Å². The quantitative estimate of drug-likeness (QED) is 0.819. The van der Waals surface area contributed by atoms with Crippen LogP contribution in [-0.4, -0.2) is 11.9 Å². The largest absolute Gasteiger partial charge is 0.330 e. The molecule has 1 amide bonds. The van der Waals surface area contributed by atoms with E-state index in [2.05, 4.69) is 5.32 Å². The summed E-state index contributed by atoms with van der Waals surface area (Å²) in [5.74, 6) is -1.55. The van der Waals surface area contributed by atoms with Crippen molar-refractivity contribution in [3.05, 3.63) is 63.6 Å². The molecule has 7 heteroatoms. The van der Waals surface area contributed by atoms with Crippen LogP contribution in [0, 0.1) is 11.6 Å². The number of hydrogen-bond acceptors (Lipinski definition) is 1. The van der Waals surface area contributed by atoms with Crippen LogP contribution in [0.25, 0.3) is 0 Å². The van der Waals surface area contributed by atoms with Gasteiger partial charge >= 0.3 is 0 Å². The van der Waals surface area contributed by atoms with Crippen LogP contribution in [0.3, 0.4) is 0 Å². The van der Waals surface area contributed by atoms with Crippen LogP contribution >= 0.6 is 23.2 Å². The molecule has 0 fully saturated rings. The third-order valence-corrected chi connectivity index (χ3v) is 4.18. The highest BCUT2D eigenvalue weighted by Crippen LogP contribution is 2.25. The fourth-order valence-corrected chi connectivity index (χ4v) is 2.79. The Labute approximate surface area is 149 Å². The first-order valence-corrected chi connectivity index (χ1v) is 8.09. The minimum atomic E-state index is -0.633. The maximum atomic E-state index is 13.8. The van der Waals surface area contributed by atoms with Crippen LogP contribution in [0.4, 0.5) is 14.5 Å². The number of carbonyl (C=O) groups is 1. The summed E-state index contributed by atoms with van der Waals surface area (Å²) in [6.07, 6.45) is 0. The van der Waals surface area contributed by atoms with Crippen molar-refractivity contribution in [3.8, 4) is 0 Å². The lowest BCUT2D eigenvalue weighted by Gasteiger charge is -2.17. The second-order valence-corrected chi connectivity index (χ2v) is 6.39. The zero-order chi connectivity index (χ0) is 17.9. The maximum Gasteiger partial charge on any atom is 0.282 e. The molecule has 2 aromatic carbocycles. The van der Waals surface area contributed by atoms with Crippen LogP contribution in [-0.2, 0) is 4.79 Å². The Bertz CT molecular complexity index is 755. The topological polar surface area (TPSA) is 45.7 Å². The summed E-state index contributed by atoms with van der Waals surface area (Å²) in [4.78, 5) is 12.3. The Morgan fingerprint density at radius 1 is 1.12 bits per heavy atom. The highest BCUT2D eigenvalue weighted by atomic mass is 35.5. The molecule has 0 bridgehead atoms. The molecule has 0 saturated heterocycles.